The molecule has 0 spiro atoms. The molecule has 1 aromatic heterocycles. The highest BCUT2D eigenvalue weighted by molar-refractivity contribution is 5.90. The van der Waals surface area contributed by atoms with E-state index in [4.69, 9.17) is 11.6 Å². The van der Waals surface area contributed by atoms with Crippen molar-refractivity contribution in [2.75, 3.05) is 13.6 Å². The van der Waals surface area contributed by atoms with E-state index in [1.165, 1.54) is 11.2 Å². The number of nitrogens with one attached hydrogen (secondary N) is 1. The summed E-state index contributed by atoms with van der Waals surface area (Å²) in [6, 6.07) is 4.33. The van der Waals surface area contributed by atoms with Crippen LogP contribution < -0.4 is 16.9 Å². The van der Waals surface area contributed by atoms with Crippen molar-refractivity contribution in [2.45, 2.75) is 38.8 Å². The van der Waals surface area contributed by atoms with Crippen LogP contribution in [0.2, 0.25) is 0 Å². The fourth-order valence-electron chi connectivity index (χ4n) is 3.24. The number of carbonyl (C=O) groups is 2. The van der Waals surface area contributed by atoms with Crippen LogP contribution in [0.1, 0.15) is 32.4 Å². The van der Waals surface area contributed by atoms with E-state index in [1.807, 2.05) is 19.9 Å². The fraction of sp³-hybridized carbons (Fsp3) is 0.500. The number of pyridine rings is 1. The van der Waals surface area contributed by atoms with Gasteiger partial charge in [-0.3, -0.25) is 14.6 Å². The summed E-state index contributed by atoms with van der Waals surface area (Å²) in [7, 11) is 1.58. The Bertz CT molecular complexity index is 661. The number of nitrogens with zero attached hydrogens (tertiary/aromatic N) is 3. The van der Waals surface area contributed by atoms with Gasteiger partial charge in [-0.15, -0.1) is 0 Å². The molecule has 1 aliphatic heterocycles. The molecule has 2 rings (SSSR count). The lowest BCUT2D eigenvalue weighted by atomic mass is 10.0. The van der Waals surface area contributed by atoms with Gasteiger partial charge in [0.15, 0.2) is 0 Å². The molecular weight excluding hydrogens is 332 g/mol. The summed E-state index contributed by atoms with van der Waals surface area (Å²) < 4.78 is 0. The first-order valence-electron chi connectivity index (χ1n) is 8.80. The quantitative estimate of drug-likeness (QED) is 0.495. The van der Waals surface area contributed by atoms with Gasteiger partial charge in [0.2, 0.25) is 11.8 Å². The summed E-state index contributed by atoms with van der Waals surface area (Å²) in [6.07, 6.45) is 4.62. The maximum absolute atomic E-state index is 13.1. The zero-order valence-corrected chi connectivity index (χ0v) is 15.6. The number of rotatable bonds is 6. The number of nitrogens with two attached hydrogens (primary N) is 2. The fourth-order valence-corrected chi connectivity index (χ4v) is 3.24. The molecule has 8 nitrogen and oxygen atoms in total. The number of hydrogen-bond donors (Lipinski definition) is 3. The molecular formula is C18H28N6O2. The van der Waals surface area contributed by atoms with Gasteiger partial charge in [-0.1, -0.05) is 19.9 Å². The van der Waals surface area contributed by atoms with Crippen molar-refractivity contribution in [3.8, 4) is 0 Å². The van der Waals surface area contributed by atoms with Crippen molar-refractivity contribution in [3.05, 3.63) is 36.3 Å². The number of likely N-dealkylation sites (tertiary alicyclic amines) is 1. The van der Waals surface area contributed by atoms with E-state index in [0.29, 0.717) is 24.4 Å². The average Bonchev–Trinajstić information content (AvgIpc) is 3.11. The summed E-state index contributed by atoms with van der Waals surface area (Å²) >= 11 is 0. The average molecular weight is 360 g/mol. The van der Waals surface area contributed by atoms with Crippen LogP contribution in [0.5, 0.6) is 0 Å². The maximum atomic E-state index is 13.1. The topological polar surface area (TPSA) is 118 Å². The number of hydrazine groups is 1. The highest BCUT2D eigenvalue weighted by Crippen LogP contribution is 2.22. The third-order valence-electron chi connectivity index (χ3n) is 4.54. The molecule has 8 heteroatoms. The van der Waals surface area contributed by atoms with Crippen molar-refractivity contribution in [1.82, 2.24) is 20.2 Å². The molecule has 2 amide bonds. The Balaban J connectivity index is 2.22. The Morgan fingerprint density at radius 1 is 1.42 bits per heavy atom. The molecule has 142 valence electrons. The first kappa shape index (κ1) is 19.7. The smallest absolute Gasteiger partial charge is 0.247 e. The van der Waals surface area contributed by atoms with E-state index in [9.17, 15) is 9.59 Å². The Labute approximate surface area is 154 Å². The molecule has 0 radical (unpaired) electrons. The van der Waals surface area contributed by atoms with Crippen LogP contribution in [0, 0.1) is 5.92 Å². The second-order valence-corrected chi connectivity index (χ2v) is 6.74. The zero-order valence-electron chi connectivity index (χ0n) is 15.6. The molecule has 0 aliphatic carbocycles. The predicted molar refractivity (Wildman–Crippen MR) is 99.9 cm³/mol. The van der Waals surface area contributed by atoms with Crippen LogP contribution in [0.15, 0.2) is 30.6 Å². The number of amides is 2. The zero-order chi connectivity index (χ0) is 19.3. The SMILES string of the molecule is CNC(=O)C1CCCN1C(=O)C(C(C)C)N(N)/C=C(\N)c1ccccn1. The Morgan fingerprint density at radius 2 is 2.15 bits per heavy atom. The van der Waals surface area contributed by atoms with Gasteiger partial charge in [0.05, 0.1) is 11.4 Å². The Kier molecular flexibility index (Phi) is 6.57. The molecule has 26 heavy (non-hydrogen) atoms. The monoisotopic (exact) mass is 360 g/mol. The maximum Gasteiger partial charge on any atom is 0.247 e. The van der Waals surface area contributed by atoms with Crippen LogP contribution in [0.25, 0.3) is 5.70 Å². The highest BCUT2D eigenvalue weighted by atomic mass is 16.2. The lowest BCUT2D eigenvalue weighted by Crippen LogP contribution is -2.55. The van der Waals surface area contributed by atoms with E-state index in [2.05, 4.69) is 10.3 Å². The molecule has 1 fully saturated rings. The molecule has 5 N–H and O–H groups in total. The first-order chi connectivity index (χ1) is 12.4. The second-order valence-electron chi connectivity index (χ2n) is 6.74. The van der Waals surface area contributed by atoms with Gasteiger partial charge in [-0.05, 0) is 30.9 Å². The molecule has 0 saturated carbocycles. The minimum Gasteiger partial charge on any atom is -0.396 e. The lowest BCUT2D eigenvalue weighted by molar-refractivity contribution is -0.143. The van der Waals surface area contributed by atoms with E-state index in [-0.39, 0.29) is 17.7 Å². The van der Waals surface area contributed by atoms with Gasteiger partial charge in [-0.2, -0.15) is 0 Å². The molecule has 2 atom stereocenters. The van der Waals surface area contributed by atoms with Crippen LogP contribution in [-0.4, -0.2) is 52.4 Å². The molecule has 0 bridgehead atoms. The third kappa shape index (κ3) is 4.32. The normalized spacial score (nSPS) is 18.7. The van der Waals surface area contributed by atoms with Gasteiger partial charge >= 0.3 is 0 Å². The summed E-state index contributed by atoms with van der Waals surface area (Å²) in [5, 5.41) is 3.95. The van der Waals surface area contributed by atoms with Crippen LogP contribution in [0.4, 0.5) is 0 Å². The highest BCUT2D eigenvalue weighted by Gasteiger charge is 2.39. The molecule has 0 aromatic carbocycles. The van der Waals surface area contributed by atoms with Gasteiger partial charge < -0.3 is 21.0 Å². The van der Waals surface area contributed by atoms with Crippen LogP contribution in [-0.2, 0) is 9.59 Å². The van der Waals surface area contributed by atoms with Crippen molar-refractivity contribution in [3.63, 3.8) is 0 Å². The predicted octanol–water partition coefficient (Wildman–Crippen LogP) is 0.276. The number of carbonyl (C=O) groups excluding carboxylic acids is 2. The van der Waals surface area contributed by atoms with Crippen molar-refractivity contribution in [2.24, 2.45) is 17.5 Å². The van der Waals surface area contributed by atoms with E-state index in [1.54, 1.807) is 30.3 Å². The molecule has 1 saturated heterocycles. The third-order valence-corrected chi connectivity index (χ3v) is 4.54. The van der Waals surface area contributed by atoms with Crippen LogP contribution in [0.3, 0.4) is 0 Å². The number of likely N-dealkylation sites (N-methyl/N-ethyl adjacent to an activating group) is 1. The largest absolute Gasteiger partial charge is 0.396 e. The lowest BCUT2D eigenvalue weighted by Gasteiger charge is -2.34. The standard InChI is InChI=1S/C18H28N6O2/c1-12(2)16(18(26)23-10-6-8-15(23)17(25)21-3)24(20)11-13(19)14-7-4-5-9-22-14/h4-5,7,9,11-12,15-16H,6,8,10,19-20H2,1-3H3,(H,21,25)/b13-11-. The van der Waals surface area contributed by atoms with E-state index < -0.39 is 12.1 Å². The van der Waals surface area contributed by atoms with Gasteiger partial charge in [0, 0.05) is 26.0 Å². The summed E-state index contributed by atoms with van der Waals surface area (Å²) in [5.74, 6) is 5.80. The van der Waals surface area contributed by atoms with Crippen LogP contribution >= 0.6 is 0 Å². The second kappa shape index (κ2) is 8.66. The van der Waals surface area contributed by atoms with Crippen molar-refractivity contribution in [1.29, 1.82) is 0 Å². The molecule has 2 heterocycles. The summed E-state index contributed by atoms with van der Waals surface area (Å²) in [4.78, 5) is 31.0. The van der Waals surface area contributed by atoms with Gasteiger partial charge in [-0.25, -0.2) is 5.84 Å². The number of aromatic nitrogens is 1. The van der Waals surface area contributed by atoms with Crippen molar-refractivity contribution < 1.29 is 9.59 Å². The summed E-state index contributed by atoms with van der Waals surface area (Å²) in [5.41, 5.74) is 7.03. The molecule has 1 aromatic rings. The minimum absolute atomic E-state index is 0.0637. The first-order valence-corrected chi connectivity index (χ1v) is 8.80. The Hall–Kier alpha value is -2.61. The minimum atomic E-state index is -0.623. The summed E-state index contributed by atoms with van der Waals surface area (Å²) in [6.45, 7) is 4.38. The van der Waals surface area contributed by atoms with E-state index >= 15 is 0 Å². The van der Waals surface area contributed by atoms with Crippen molar-refractivity contribution >= 4 is 17.5 Å². The molecule has 1 aliphatic rings. The van der Waals surface area contributed by atoms with E-state index in [0.717, 1.165) is 6.42 Å². The molecule has 2 unspecified atom stereocenters. The van der Waals surface area contributed by atoms with Gasteiger partial charge in [0.1, 0.15) is 12.1 Å². The Morgan fingerprint density at radius 3 is 2.73 bits per heavy atom. The number of hydrogen-bond acceptors (Lipinski definition) is 6. The van der Waals surface area contributed by atoms with Gasteiger partial charge in [0.25, 0.3) is 0 Å².